The van der Waals surface area contributed by atoms with Crippen LogP contribution >= 0.6 is 11.6 Å². The SMILES string of the molecule is CCOc1ccc(NC(=O)C(=O)NN=Cc2ccc(OC(=O)c3cccc(Cl)c3)cc2)cc1. The van der Waals surface area contributed by atoms with Gasteiger partial charge in [-0.3, -0.25) is 9.59 Å². The number of nitrogens with one attached hydrogen (secondary N) is 2. The molecule has 0 aliphatic rings. The average Bonchev–Trinajstić information content (AvgIpc) is 2.81. The van der Waals surface area contributed by atoms with E-state index in [-0.39, 0.29) is 0 Å². The van der Waals surface area contributed by atoms with Crippen molar-refractivity contribution in [3.8, 4) is 11.5 Å². The zero-order chi connectivity index (χ0) is 23.6. The number of hydrazone groups is 1. The number of esters is 1. The van der Waals surface area contributed by atoms with Gasteiger partial charge in [0.05, 0.1) is 18.4 Å². The summed E-state index contributed by atoms with van der Waals surface area (Å²) in [5.41, 5.74) is 3.55. The fourth-order valence-corrected chi connectivity index (χ4v) is 2.80. The lowest BCUT2D eigenvalue weighted by Crippen LogP contribution is -2.32. The van der Waals surface area contributed by atoms with Crippen LogP contribution in [-0.2, 0) is 9.59 Å². The number of rotatable bonds is 7. The van der Waals surface area contributed by atoms with Gasteiger partial charge in [-0.1, -0.05) is 17.7 Å². The Morgan fingerprint density at radius 3 is 2.30 bits per heavy atom. The van der Waals surface area contributed by atoms with Gasteiger partial charge in [0.15, 0.2) is 0 Å². The third kappa shape index (κ3) is 7.19. The van der Waals surface area contributed by atoms with Crippen molar-refractivity contribution in [2.24, 2.45) is 5.10 Å². The van der Waals surface area contributed by atoms with Crippen molar-refractivity contribution in [3.63, 3.8) is 0 Å². The third-order valence-electron chi connectivity index (χ3n) is 4.16. The molecule has 9 heteroatoms. The molecule has 0 aliphatic carbocycles. The first kappa shape index (κ1) is 23.5. The molecular weight excluding hydrogens is 446 g/mol. The smallest absolute Gasteiger partial charge is 0.343 e. The summed E-state index contributed by atoms with van der Waals surface area (Å²) in [6.07, 6.45) is 1.35. The Bertz CT molecular complexity index is 1160. The van der Waals surface area contributed by atoms with Crippen molar-refractivity contribution in [2.45, 2.75) is 6.92 Å². The molecule has 8 nitrogen and oxygen atoms in total. The lowest BCUT2D eigenvalue weighted by atomic mass is 10.2. The minimum Gasteiger partial charge on any atom is -0.494 e. The molecule has 168 valence electrons. The van der Waals surface area contributed by atoms with Crippen LogP contribution in [0.1, 0.15) is 22.8 Å². The quantitative estimate of drug-likeness (QED) is 0.180. The molecule has 33 heavy (non-hydrogen) atoms. The van der Waals surface area contributed by atoms with E-state index < -0.39 is 17.8 Å². The van der Waals surface area contributed by atoms with Crippen LogP contribution in [-0.4, -0.2) is 30.6 Å². The van der Waals surface area contributed by atoms with Crippen LogP contribution in [0.4, 0.5) is 5.69 Å². The number of nitrogens with zero attached hydrogens (tertiary/aromatic N) is 1. The largest absolute Gasteiger partial charge is 0.494 e. The molecule has 3 rings (SSSR count). The molecular formula is C24H20ClN3O5. The standard InChI is InChI=1S/C24H20ClN3O5/c1-2-32-20-12-8-19(9-13-20)27-22(29)23(30)28-26-15-16-6-10-21(11-7-16)33-24(31)17-4-3-5-18(25)14-17/h3-15H,2H2,1H3,(H,27,29)(H,28,30). The molecule has 0 aliphatic heterocycles. The van der Waals surface area contributed by atoms with E-state index in [1.807, 2.05) is 6.92 Å². The van der Waals surface area contributed by atoms with Gasteiger partial charge in [-0.15, -0.1) is 0 Å². The minimum atomic E-state index is -0.924. The van der Waals surface area contributed by atoms with Gasteiger partial charge in [0.1, 0.15) is 11.5 Å². The van der Waals surface area contributed by atoms with E-state index in [2.05, 4.69) is 15.8 Å². The summed E-state index contributed by atoms with van der Waals surface area (Å²) in [4.78, 5) is 36.0. The third-order valence-corrected chi connectivity index (χ3v) is 4.40. The number of ether oxygens (including phenoxy) is 2. The number of carbonyl (C=O) groups is 3. The Morgan fingerprint density at radius 2 is 1.64 bits per heavy atom. The Morgan fingerprint density at radius 1 is 0.939 bits per heavy atom. The molecule has 0 unspecified atom stereocenters. The summed E-state index contributed by atoms with van der Waals surface area (Å²) in [6.45, 7) is 2.40. The summed E-state index contributed by atoms with van der Waals surface area (Å²) in [5.74, 6) is -1.33. The van der Waals surface area contributed by atoms with Crippen LogP contribution in [0.3, 0.4) is 0 Å². The van der Waals surface area contributed by atoms with E-state index in [0.717, 1.165) is 0 Å². The average molecular weight is 466 g/mol. The van der Waals surface area contributed by atoms with Gasteiger partial charge in [-0.25, -0.2) is 10.2 Å². The summed E-state index contributed by atoms with van der Waals surface area (Å²) >= 11 is 5.88. The number of benzene rings is 3. The molecule has 3 aromatic rings. The van der Waals surface area contributed by atoms with E-state index in [4.69, 9.17) is 21.1 Å². The van der Waals surface area contributed by atoms with Gasteiger partial charge in [0.25, 0.3) is 0 Å². The Kier molecular flexibility index (Phi) is 8.15. The highest BCUT2D eigenvalue weighted by Gasteiger charge is 2.13. The van der Waals surface area contributed by atoms with Gasteiger partial charge in [-0.05, 0) is 79.2 Å². The highest BCUT2D eigenvalue weighted by molar-refractivity contribution is 6.39. The van der Waals surface area contributed by atoms with E-state index in [1.165, 1.54) is 12.3 Å². The molecule has 0 spiro atoms. The summed E-state index contributed by atoms with van der Waals surface area (Å²) < 4.78 is 10.6. The van der Waals surface area contributed by atoms with E-state index in [0.29, 0.717) is 39.9 Å². The minimum absolute atomic E-state index is 0.330. The molecule has 3 aromatic carbocycles. The molecule has 0 fully saturated rings. The number of amides is 2. The monoisotopic (exact) mass is 465 g/mol. The van der Waals surface area contributed by atoms with Crippen LogP contribution in [0.15, 0.2) is 77.9 Å². The Labute approximate surface area is 195 Å². The van der Waals surface area contributed by atoms with Crippen molar-refractivity contribution in [1.29, 1.82) is 0 Å². The van der Waals surface area contributed by atoms with E-state index in [1.54, 1.807) is 66.7 Å². The van der Waals surface area contributed by atoms with Crippen molar-refractivity contribution in [1.82, 2.24) is 5.43 Å². The maximum absolute atomic E-state index is 12.1. The van der Waals surface area contributed by atoms with Crippen molar-refractivity contribution < 1.29 is 23.9 Å². The van der Waals surface area contributed by atoms with Gasteiger partial charge in [-0.2, -0.15) is 5.10 Å². The van der Waals surface area contributed by atoms with E-state index >= 15 is 0 Å². The highest BCUT2D eigenvalue weighted by Crippen LogP contribution is 2.17. The van der Waals surface area contributed by atoms with Crippen LogP contribution in [0.2, 0.25) is 5.02 Å². The molecule has 0 saturated carbocycles. The van der Waals surface area contributed by atoms with Crippen molar-refractivity contribution >= 4 is 41.3 Å². The first-order chi connectivity index (χ1) is 15.9. The van der Waals surface area contributed by atoms with Crippen LogP contribution in [0.25, 0.3) is 0 Å². The Hall–Kier alpha value is -4.17. The van der Waals surface area contributed by atoms with E-state index in [9.17, 15) is 14.4 Å². The molecule has 0 saturated heterocycles. The number of carbonyl (C=O) groups excluding carboxylic acids is 3. The molecule has 0 bridgehead atoms. The number of hydrogen-bond acceptors (Lipinski definition) is 6. The normalized spacial score (nSPS) is 10.5. The molecule has 0 heterocycles. The highest BCUT2D eigenvalue weighted by atomic mass is 35.5. The number of hydrogen-bond donors (Lipinski definition) is 2. The molecule has 0 radical (unpaired) electrons. The number of anilines is 1. The lowest BCUT2D eigenvalue weighted by molar-refractivity contribution is -0.136. The number of halogens is 1. The molecule has 2 N–H and O–H groups in total. The molecule has 0 atom stereocenters. The fourth-order valence-electron chi connectivity index (χ4n) is 2.61. The first-order valence-electron chi connectivity index (χ1n) is 9.89. The zero-order valence-electron chi connectivity index (χ0n) is 17.6. The zero-order valence-corrected chi connectivity index (χ0v) is 18.3. The summed E-state index contributed by atoms with van der Waals surface area (Å²) in [6, 6.07) is 19.5. The molecule has 2 amide bonds. The van der Waals surface area contributed by atoms with Crippen LogP contribution < -0.4 is 20.2 Å². The first-order valence-corrected chi connectivity index (χ1v) is 10.3. The lowest BCUT2D eigenvalue weighted by Gasteiger charge is -2.06. The van der Waals surface area contributed by atoms with Crippen LogP contribution in [0.5, 0.6) is 11.5 Å². The summed E-state index contributed by atoms with van der Waals surface area (Å²) in [5, 5.41) is 6.66. The van der Waals surface area contributed by atoms with Crippen LogP contribution in [0, 0.1) is 0 Å². The predicted octanol–water partition coefficient (Wildman–Crippen LogP) is 4.05. The van der Waals surface area contributed by atoms with Gasteiger partial charge in [0, 0.05) is 10.7 Å². The fraction of sp³-hybridized carbons (Fsp3) is 0.0833. The van der Waals surface area contributed by atoms with Gasteiger partial charge >= 0.3 is 17.8 Å². The van der Waals surface area contributed by atoms with Crippen molar-refractivity contribution in [3.05, 3.63) is 88.9 Å². The van der Waals surface area contributed by atoms with Gasteiger partial charge < -0.3 is 14.8 Å². The molecule has 0 aromatic heterocycles. The topological polar surface area (TPSA) is 106 Å². The second kappa shape index (κ2) is 11.4. The second-order valence-corrected chi connectivity index (χ2v) is 7.02. The summed E-state index contributed by atoms with van der Waals surface area (Å²) in [7, 11) is 0. The van der Waals surface area contributed by atoms with Gasteiger partial charge in [0.2, 0.25) is 0 Å². The second-order valence-electron chi connectivity index (χ2n) is 6.58. The maximum atomic E-state index is 12.1. The Balaban J connectivity index is 1.48. The predicted molar refractivity (Wildman–Crippen MR) is 125 cm³/mol. The maximum Gasteiger partial charge on any atom is 0.343 e. The van der Waals surface area contributed by atoms with Crippen molar-refractivity contribution in [2.75, 3.05) is 11.9 Å².